The Morgan fingerprint density at radius 2 is 1.93 bits per heavy atom. The highest BCUT2D eigenvalue weighted by Gasteiger charge is 2.59. The summed E-state index contributed by atoms with van der Waals surface area (Å²) in [6, 6.07) is 1.93. The van der Waals surface area contributed by atoms with Crippen LogP contribution in [-0.2, 0) is 14.8 Å². The minimum atomic E-state index is -4.10. The van der Waals surface area contributed by atoms with Crippen molar-refractivity contribution in [2.24, 2.45) is 16.7 Å². The molecule has 3 atom stereocenters. The normalized spacial score (nSPS) is 31.1. The maximum Gasteiger partial charge on any atom is 0.253 e. The molecule has 3 aliphatic rings. The van der Waals surface area contributed by atoms with Gasteiger partial charge in [0, 0.05) is 19.1 Å². The molecule has 2 aliphatic carbocycles. The van der Waals surface area contributed by atoms with Crippen molar-refractivity contribution in [2.45, 2.75) is 51.0 Å². The molecule has 2 bridgehead atoms. The van der Waals surface area contributed by atoms with Gasteiger partial charge in [0.2, 0.25) is 10.0 Å². The molecule has 166 valence electrons. The molecule has 1 heterocycles. The van der Waals surface area contributed by atoms with E-state index in [1.54, 1.807) is 0 Å². The van der Waals surface area contributed by atoms with Gasteiger partial charge in [0.25, 0.3) is 5.91 Å². The summed E-state index contributed by atoms with van der Waals surface area (Å²) < 4.78 is 46.9. The van der Waals surface area contributed by atoms with Gasteiger partial charge in [-0.1, -0.05) is 32.4 Å². The number of nitrogens with one attached hydrogen (secondary N) is 1. The fraction of sp³-hybridized carbons (Fsp3) is 0.667. The van der Waals surface area contributed by atoms with E-state index >= 15 is 0 Å². The van der Waals surface area contributed by atoms with Crippen LogP contribution < -0.4 is 5.32 Å². The number of hydrogen-bond acceptors (Lipinski definition) is 4. The van der Waals surface area contributed by atoms with E-state index in [0.717, 1.165) is 31.4 Å². The van der Waals surface area contributed by atoms with Gasteiger partial charge >= 0.3 is 0 Å². The highest BCUT2D eigenvalue weighted by molar-refractivity contribution is 7.89. The van der Waals surface area contributed by atoms with Gasteiger partial charge < -0.3 is 10.1 Å². The molecular formula is C21H28ClFN2O4S. The van der Waals surface area contributed by atoms with Crippen molar-refractivity contribution in [3.8, 4) is 0 Å². The van der Waals surface area contributed by atoms with Gasteiger partial charge in [0.15, 0.2) is 0 Å². The molecule has 0 spiro atoms. The van der Waals surface area contributed by atoms with Crippen LogP contribution in [0.25, 0.3) is 0 Å². The van der Waals surface area contributed by atoms with Gasteiger partial charge in [-0.15, -0.1) is 0 Å². The molecule has 3 fully saturated rings. The Kier molecular flexibility index (Phi) is 5.45. The third-order valence-electron chi connectivity index (χ3n) is 7.40. The predicted octanol–water partition coefficient (Wildman–Crippen LogP) is 3.44. The average Bonchev–Trinajstić information content (AvgIpc) is 3.16. The fourth-order valence-corrected chi connectivity index (χ4v) is 7.41. The number of rotatable bonds is 4. The highest BCUT2D eigenvalue weighted by Crippen LogP contribution is 2.62. The lowest BCUT2D eigenvalue weighted by atomic mass is 9.68. The van der Waals surface area contributed by atoms with Crippen LogP contribution in [0, 0.1) is 22.6 Å². The Bertz CT molecular complexity index is 973. The largest absolute Gasteiger partial charge is 0.379 e. The summed E-state index contributed by atoms with van der Waals surface area (Å²) in [6.45, 7) is 7.29. The van der Waals surface area contributed by atoms with Gasteiger partial charge in [-0.25, -0.2) is 12.8 Å². The van der Waals surface area contributed by atoms with Crippen LogP contribution in [0.15, 0.2) is 17.0 Å². The van der Waals surface area contributed by atoms with Crippen LogP contribution in [0.5, 0.6) is 0 Å². The first kappa shape index (κ1) is 22.0. The third-order valence-corrected chi connectivity index (χ3v) is 9.63. The zero-order chi connectivity index (χ0) is 21.9. The molecule has 6 nitrogen and oxygen atoms in total. The van der Waals surface area contributed by atoms with Gasteiger partial charge in [0.05, 0.1) is 23.8 Å². The van der Waals surface area contributed by atoms with Crippen molar-refractivity contribution in [3.05, 3.63) is 28.5 Å². The summed E-state index contributed by atoms with van der Waals surface area (Å²) >= 11 is 6.17. The number of morpholine rings is 1. The molecule has 1 amide bonds. The number of fused-ring (bicyclic) bond motifs is 2. The maximum absolute atomic E-state index is 14.6. The molecule has 4 rings (SSSR count). The zero-order valence-electron chi connectivity index (χ0n) is 17.5. The smallest absolute Gasteiger partial charge is 0.253 e. The van der Waals surface area contributed by atoms with Crippen molar-refractivity contribution < 1.29 is 22.3 Å². The van der Waals surface area contributed by atoms with Crippen LogP contribution >= 0.6 is 11.6 Å². The first-order valence-corrected chi connectivity index (χ1v) is 12.2. The molecule has 3 unspecified atom stereocenters. The number of benzene rings is 1. The van der Waals surface area contributed by atoms with Crippen molar-refractivity contribution in [2.75, 3.05) is 26.3 Å². The molecule has 1 aromatic rings. The highest BCUT2D eigenvalue weighted by atomic mass is 35.5. The molecule has 9 heteroatoms. The number of carbonyl (C=O) groups is 1. The Morgan fingerprint density at radius 1 is 1.27 bits per heavy atom. The van der Waals surface area contributed by atoms with Crippen LogP contribution in [-0.4, -0.2) is 51.0 Å². The summed E-state index contributed by atoms with van der Waals surface area (Å²) in [6.07, 6.45) is 3.24. The minimum absolute atomic E-state index is 0.000952. The summed E-state index contributed by atoms with van der Waals surface area (Å²) in [5, 5.41) is 3.00. The number of nitrogens with zero attached hydrogens (tertiary/aromatic N) is 1. The number of halogens is 2. The number of hydrogen-bond donors (Lipinski definition) is 1. The molecule has 0 aromatic heterocycles. The van der Waals surface area contributed by atoms with E-state index in [-0.39, 0.29) is 53.8 Å². The Morgan fingerprint density at radius 3 is 2.53 bits per heavy atom. The van der Waals surface area contributed by atoms with Crippen LogP contribution in [0.3, 0.4) is 0 Å². The molecule has 2 saturated carbocycles. The second-order valence-corrected chi connectivity index (χ2v) is 11.9. The molecule has 1 N–H and O–H groups in total. The molecule has 1 aromatic carbocycles. The number of sulfonamides is 1. The van der Waals surface area contributed by atoms with Gasteiger partial charge in [-0.05, 0) is 48.1 Å². The average molecular weight is 459 g/mol. The first-order valence-electron chi connectivity index (χ1n) is 10.3. The number of carbonyl (C=O) groups excluding carboxylic acids is 1. The van der Waals surface area contributed by atoms with Crippen molar-refractivity contribution >= 4 is 27.5 Å². The van der Waals surface area contributed by atoms with E-state index < -0.39 is 26.6 Å². The number of amides is 1. The van der Waals surface area contributed by atoms with Crippen LogP contribution in [0.2, 0.25) is 5.02 Å². The Labute approximate surface area is 182 Å². The van der Waals surface area contributed by atoms with Crippen LogP contribution in [0.4, 0.5) is 4.39 Å². The second-order valence-electron chi connectivity index (χ2n) is 9.60. The quantitative estimate of drug-likeness (QED) is 0.749. The van der Waals surface area contributed by atoms with Crippen molar-refractivity contribution in [1.29, 1.82) is 0 Å². The van der Waals surface area contributed by atoms with E-state index in [1.807, 2.05) is 0 Å². The minimum Gasteiger partial charge on any atom is -0.379 e. The Hall–Kier alpha value is -1.22. The van der Waals surface area contributed by atoms with Gasteiger partial charge in [0.1, 0.15) is 10.7 Å². The SMILES string of the molecule is CC12CCC(C1)C(C)(C)C2NC(=O)c1cc(S(=O)(=O)N2CCOCC2)c(F)cc1Cl. The van der Waals surface area contributed by atoms with E-state index in [1.165, 1.54) is 4.31 Å². The molecule has 0 radical (unpaired) electrons. The van der Waals surface area contributed by atoms with Crippen LogP contribution in [0.1, 0.15) is 50.4 Å². The summed E-state index contributed by atoms with van der Waals surface area (Å²) in [7, 11) is -4.10. The molecule has 1 aliphatic heterocycles. The summed E-state index contributed by atoms with van der Waals surface area (Å²) in [4.78, 5) is 12.6. The molecular weight excluding hydrogens is 431 g/mol. The lowest BCUT2D eigenvalue weighted by molar-refractivity contribution is 0.0727. The first-order chi connectivity index (χ1) is 14.0. The standard InChI is InChI=1S/C21H28ClFN2O4S/c1-20(2)13-4-5-21(3,12-13)19(20)24-18(26)14-10-17(16(23)11-15(14)22)30(27,28)25-6-8-29-9-7-25/h10-11,13,19H,4-9,12H2,1-3H3,(H,24,26). The third kappa shape index (κ3) is 3.45. The summed E-state index contributed by atoms with van der Waals surface area (Å²) in [5.74, 6) is -0.894. The zero-order valence-corrected chi connectivity index (χ0v) is 19.1. The van der Waals surface area contributed by atoms with E-state index in [4.69, 9.17) is 16.3 Å². The maximum atomic E-state index is 14.6. The predicted molar refractivity (Wildman–Crippen MR) is 111 cm³/mol. The molecule has 1 saturated heterocycles. The van der Waals surface area contributed by atoms with E-state index in [0.29, 0.717) is 5.92 Å². The van der Waals surface area contributed by atoms with E-state index in [9.17, 15) is 17.6 Å². The number of ether oxygens (including phenoxy) is 1. The van der Waals surface area contributed by atoms with Crippen molar-refractivity contribution in [1.82, 2.24) is 9.62 Å². The molecule has 30 heavy (non-hydrogen) atoms. The Balaban J connectivity index is 1.65. The lowest BCUT2D eigenvalue weighted by Gasteiger charge is -2.43. The second kappa shape index (κ2) is 7.43. The monoisotopic (exact) mass is 458 g/mol. The lowest BCUT2D eigenvalue weighted by Crippen LogP contribution is -2.52. The van der Waals surface area contributed by atoms with E-state index in [2.05, 4.69) is 26.1 Å². The van der Waals surface area contributed by atoms with Crippen molar-refractivity contribution in [3.63, 3.8) is 0 Å². The van der Waals surface area contributed by atoms with Gasteiger partial charge in [-0.3, -0.25) is 4.79 Å². The summed E-state index contributed by atoms with van der Waals surface area (Å²) in [5.41, 5.74) is -0.0937. The fourth-order valence-electron chi connectivity index (χ4n) is 5.70. The topological polar surface area (TPSA) is 75.7 Å². The van der Waals surface area contributed by atoms with Gasteiger partial charge in [-0.2, -0.15) is 4.31 Å².